The smallest absolute Gasteiger partial charge is 0.166 e. The highest BCUT2D eigenvalue weighted by atomic mass is 16.5. The molecular formula is C29H42O3. The Morgan fingerprint density at radius 2 is 1.88 bits per heavy atom. The van der Waals surface area contributed by atoms with Crippen molar-refractivity contribution in [3.05, 3.63) is 29.8 Å². The topological polar surface area (TPSA) is 35.5 Å². The van der Waals surface area contributed by atoms with Crippen molar-refractivity contribution in [2.24, 2.45) is 46.3 Å². The molecule has 32 heavy (non-hydrogen) atoms. The van der Waals surface area contributed by atoms with E-state index in [1.807, 2.05) is 31.4 Å². The Labute approximate surface area is 194 Å². The highest BCUT2D eigenvalue weighted by molar-refractivity contribution is 5.99. The highest BCUT2D eigenvalue weighted by Gasteiger charge is 2.62. The lowest BCUT2D eigenvalue weighted by atomic mass is 9.43. The Kier molecular flexibility index (Phi) is 5.93. The van der Waals surface area contributed by atoms with Crippen LogP contribution in [-0.4, -0.2) is 26.6 Å². The van der Waals surface area contributed by atoms with E-state index >= 15 is 0 Å². The summed E-state index contributed by atoms with van der Waals surface area (Å²) in [5.41, 5.74) is 1.37. The molecule has 176 valence electrons. The monoisotopic (exact) mass is 438 g/mol. The van der Waals surface area contributed by atoms with E-state index in [0.29, 0.717) is 17.1 Å². The fraction of sp³-hybridized carbons (Fsp3) is 0.759. The molecule has 8 atom stereocenters. The van der Waals surface area contributed by atoms with Crippen molar-refractivity contribution < 1.29 is 14.3 Å². The first-order valence-corrected chi connectivity index (χ1v) is 13.1. The fourth-order valence-corrected chi connectivity index (χ4v) is 9.22. The van der Waals surface area contributed by atoms with E-state index in [1.54, 1.807) is 7.11 Å². The number of ketones is 1. The van der Waals surface area contributed by atoms with Crippen molar-refractivity contribution >= 4 is 5.78 Å². The molecule has 0 saturated heterocycles. The van der Waals surface area contributed by atoms with Crippen LogP contribution in [0.4, 0.5) is 0 Å². The molecule has 4 fully saturated rings. The number of rotatable bonds is 5. The second-order valence-corrected chi connectivity index (χ2v) is 12.0. The minimum absolute atomic E-state index is 0.143. The van der Waals surface area contributed by atoms with Gasteiger partial charge in [0.05, 0.1) is 13.7 Å². The number of methoxy groups -OCH3 is 2. The maximum absolute atomic E-state index is 13.7. The summed E-state index contributed by atoms with van der Waals surface area (Å²) in [5, 5.41) is 0. The van der Waals surface area contributed by atoms with Gasteiger partial charge >= 0.3 is 0 Å². The quantitative estimate of drug-likeness (QED) is 0.474. The number of carbonyl (C=O) groups is 1. The van der Waals surface area contributed by atoms with E-state index in [-0.39, 0.29) is 11.3 Å². The van der Waals surface area contributed by atoms with Crippen LogP contribution in [0.15, 0.2) is 24.3 Å². The molecule has 8 unspecified atom stereocenters. The van der Waals surface area contributed by atoms with E-state index in [4.69, 9.17) is 9.47 Å². The lowest BCUT2D eigenvalue weighted by molar-refractivity contribution is -0.148. The number of Topliss-reactive ketones (excluding diaryl/α,β-unsaturated/α-hetero) is 1. The van der Waals surface area contributed by atoms with Crippen molar-refractivity contribution in [3.63, 3.8) is 0 Å². The van der Waals surface area contributed by atoms with Gasteiger partial charge in [0.1, 0.15) is 5.75 Å². The van der Waals surface area contributed by atoms with Crippen LogP contribution in [0.1, 0.15) is 82.0 Å². The summed E-state index contributed by atoms with van der Waals surface area (Å²) in [6.45, 7) is 5.86. The average Bonchev–Trinajstić information content (AvgIpc) is 3.16. The first-order chi connectivity index (χ1) is 15.4. The highest BCUT2D eigenvalue weighted by Crippen LogP contribution is 2.68. The second-order valence-electron chi connectivity index (χ2n) is 12.0. The van der Waals surface area contributed by atoms with E-state index < -0.39 is 0 Å². The van der Waals surface area contributed by atoms with Gasteiger partial charge in [-0.1, -0.05) is 32.4 Å². The summed E-state index contributed by atoms with van der Waals surface area (Å²) in [6.07, 6.45) is 11.6. The second kappa shape index (κ2) is 8.46. The predicted octanol–water partition coefficient (Wildman–Crippen LogP) is 6.80. The zero-order valence-electron chi connectivity index (χ0n) is 20.6. The van der Waals surface area contributed by atoms with Crippen LogP contribution in [0.25, 0.3) is 0 Å². The molecule has 4 aliphatic carbocycles. The minimum Gasteiger partial charge on any atom is -0.497 e. The summed E-state index contributed by atoms with van der Waals surface area (Å²) in [7, 11) is 3.59. The van der Waals surface area contributed by atoms with Gasteiger partial charge in [-0.05, 0) is 104 Å². The molecule has 1 aromatic rings. The van der Waals surface area contributed by atoms with Gasteiger partial charge in [0.15, 0.2) is 5.78 Å². The number of hydrogen-bond acceptors (Lipinski definition) is 3. The van der Waals surface area contributed by atoms with Crippen molar-refractivity contribution in [2.45, 2.75) is 71.6 Å². The van der Waals surface area contributed by atoms with Gasteiger partial charge in [-0.3, -0.25) is 4.79 Å². The zero-order chi connectivity index (χ0) is 22.5. The average molecular weight is 439 g/mol. The third-order valence-electron chi connectivity index (χ3n) is 10.7. The Balaban J connectivity index is 1.41. The third kappa shape index (κ3) is 3.37. The number of ether oxygens (including phenoxy) is 2. The Morgan fingerprint density at radius 3 is 2.66 bits per heavy atom. The van der Waals surface area contributed by atoms with Gasteiger partial charge in [0.25, 0.3) is 0 Å². The molecule has 4 saturated carbocycles. The normalized spacial score (nSPS) is 43.1. The summed E-state index contributed by atoms with van der Waals surface area (Å²) in [4.78, 5) is 13.7. The third-order valence-corrected chi connectivity index (χ3v) is 10.7. The summed E-state index contributed by atoms with van der Waals surface area (Å²) >= 11 is 0. The van der Waals surface area contributed by atoms with Crippen molar-refractivity contribution in [1.29, 1.82) is 0 Å². The first-order valence-electron chi connectivity index (χ1n) is 13.1. The molecule has 0 bridgehead atoms. The van der Waals surface area contributed by atoms with Crippen LogP contribution < -0.4 is 4.74 Å². The van der Waals surface area contributed by atoms with Crippen LogP contribution >= 0.6 is 0 Å². The Hall–Kier alpha value is -1.35. The molecule has 3 nitrogen and oxygen atoms in total. The van der Waals surface area contributed by atoms with Crippen LogP contribution in [0.5, 0.6) is 5.75 Å². The lowest BCUT2D eigenvalue weighted by Gasteiger charge is -2.61. The van der Waals surface area contributed by atoms with Gasteiger partial charge in [-0.25, -0.2) is 0 Å². The first kappa shape index (κ1) is 22.4. The van der Waals surface area contributed by atoms with Gasteiger partial charge in [-0.15, -0.1) is 0 Å². The minimum atomic E-state index is 0.143. The summed E-state index contributed by atoms with van der Waals surface area (Å²) in [5.74, 6) is 5.25. The molecule has 0 aromatic heterocycles. The maximum atomic E-state index is 13.7. The lowest BCUT2D eigenvalue weighted by Crippen LogP contribution is -2.56. The van der Waals surface area contributed by atoms with Gasteiger partial charge in [0.2, 0.25) is 0 Å². The van der Waals surface area contributed by atoms with E-state index in [2.05, 4.69) is 13.8 Å². The predicted molar refractivity (Wildman–Crippen MR) is 128 cm³/mol. The van der Waals surface area contributed by atoms with E-state index in [1.165, 1.54) is 51.4 Å². The number of hydrogen-bond donors (Lipinski definition) is 0. The zero-order valence-corrected chi connectivity index (χ0v) is 20.6. The molecule has 5 rings (SSSR count). The maximum Gasteiger partial charge on any atom is 0.166 e. The van der Waals surface area contributed by atoms with Gasteiger partial charge in [0, 0.05) is 18.6 Å². The van der Waals surface area contributed by atoms with Crippen molar-refractivity contribution in [3.8, 4) is 5.75 Å². The van der Waals surface area contributed by atoms with Crippen molar-refractivity contribution in [1.82, 2.24) is 0 Å². The molecule has 0 radical (unpaired) electrons. The van der Waals surface area contributed by atoms with Crippen LogP contribution in [0.2, 0.25) is 0 Å². The van der Waals surface area contributed by atoms with Crippen LogP contribution in [0.3, 0.4) is 0 Å². The van der Waals surface area contributed by atoms with Gasteiger partial charge in [-0.2, -0.15) is 0 Å². The van der Waals surface area contributed by atoms with Gasteiger partial charge < -0.3 is 9.47 Å². The largest absolute Gasteiger partial charge is 0.497 e. The molecule has 0 heterocycles. The molecule has 0 amide bonds. The molecule has 0 spiro atoms. The summed E-state index contributed by atoms with van der Waals surface area (Å²) in [6, 6.07) is 7.80. The number of benzene rings is 1. The Morgan fingerprint density at radius 1 is 1.03 bits per heavy atom. The van der Waals surface area contributed by atoms with E-state index in [9.17, 15) is 4.79 Å². The number of fused-ring (bicyclic) bond motifs is 5. The van der Waals surface area contributed by atoms with Crippen LogP contribution in [-0.2, 0) is 4.74 Å². The molecule has 3 heteroatoms. The fourth-order valence-electron chi connectivity index (χ4n) is 9.22. The molecule has 4 aliphatic rings. The standard InChI is InChI=1S/C29H42O3/c1-19-12-15-29(18-31-3)21(16-19)8-9-23-24-10-11-26(28(24,2)14-13-25(23)29)27(30)20-6-5-7-22(17-20)32-4/h5-7,17,19,21,23-26H,8-16,18H2,1-4H3. The molecule has 0 N–H and O–H groups in total. The molecule has 0 aliphatic heterocycles. The summed E-state index contributed by atoms with van der Waals surface area (Å²) < 4.78 is 11.3. The Bertz CT molecular complexity index is 849. The van der Waals surface area contributed by atoms with Crippen molar-refractivity contribution in [2.75, 3.05) is 20.8 Å². The SMILES string of the molecule is COCC12CCC(C)CC1CCC1C3CCC(C(=O)c4cccc(OC)c4)C3(C)CCC12. The molecular weight excluding hydrogens is 396 g/mol. The molecule has 1 aromatic carbocycles. The van der Waals surface area contributed by atoms with Crippen LogP contribution in [0, 0.1) is 46.3 Å². The van der Waals surface area contributed by atoms with E-state index in [0.717, 1.165) is 48.0 Å². The number of carbonyl (C=O) groups excluding carboxylic acids is 1.